The maximum Gasteiger partial charge on any atom is 0.508 e. The van der Waals surface area contributed by atoms with Crippen LogP contribution in [-0.4, -0.2) is 24.5 Å². The molecule has 0 aromatic rings. The predicted octanol–water partition coefficient (Wildman–Crippen LogP) is 0.920. The summed E-state index contributed by atoms with van der Waals surface area (Å²) in [6.45, 7) is 2.63. The molecule has 0 saturated heterocycles. The van der Waals surface area contributed by atoms with Crippen molar-refractivity contribution in [3.8, 4) is 0 Å². The maximum absolute atomic E-state index is 10.5. The van der Waals surface area contributed by atoms with Crippen LogP contribution in [-0.2, 0) is 14.3 Å². The maximum atomic E-state index is 10.5. The van der Waals surface area contributed by atoms with Gasteiger partial charge in [-0.1, -0.05) is 0 Å². The fourth-order valence-corrected chi connectivity index (χ4v) is 0.484. The van der Waals surface area contributed by atoms with E-state index in [1.807, 2.05) is 0 Å². The molecule has 0 atom stereocenters. The van der Waals surface area contributed by atoms with Gasteiger partial charge in [-0.2, -0.15) is 0 Å². The second-order valence-electron chi connectivity index (χ2n) is 1.86. The second-order valence-corrected chi connectivity index (χ2v) is 1.86. The molecule has 0 aromatic heterocycles. The Morgan fingerprint density at radius 2 is 2.23 bits per heavy atom. The Balaban J connectivity index is 3.16. The van der Waals surface area contributed by atoms with Crippen molar-refractivity contribution in [2.75, 3.05) is 13.2 Å². The van der Waals surface area contributed by atoms with Gasteiger partial charge >= 0.3 is 6.16 Å². The predicted molar refractivity (Wildman–Crippen MR) is 40.0 cm³/mol. The van der Waals surface area contributed by atoms with Gasteiger partial charge in [0.15, 0.2) is 0 Å². The van der Waals surface area contributed by atoms with Crippen LogP contribution in [0.1, 0.15) is 13.3 Å². The highest BCUT2D eigenvalue weighted by atomic mass is 16.9. The van der Waals surface area contributed by atoms with Gasteiger partial charge in [-0.15, -0.1) is 10.1 Å². The van der Waals surface area contributed by atoms with Crippen LogP contribution < -0.4 is 0 Å². The van der Waals surface area contributed by atoms with Crippen molar-refractivity contribution in [3.63, 3.8) is 0 Å². The van der Waals surface area contributed by atoms with Crippen LogP contribution in [0.3, 0.4) is 0 Å². The number of carbonyl (C=O) groups excluding carboxylic acids is 1. The molecule has 0 aliphatic rings. The molecule has 7 nitrogen and oxygen atoms in total. The molecule has 0 unspecified atom stereocenters. The molecule has 7 heteroatoms. The van der Waals surface area contributed by atoms with Gasteiger partial charge < -0.3 is 14.3 Å². The molecule has 1 radical (unpaired) electrons. The van der Waals surface area contributed by atoms with Crippen LogP contribution in [0, 0.1) is 16.7 Å². The number of rotatable bonds is 6. The van der Waals surface area contributed by atoms with E-state index >= 15 is 0 Å². The number of nitrogens with zero attached hydrogens (tertiary/aromatic N) is 1. The first-order valence-electron chi connectivity index (χ1n) is 3.55. The standard InChI is InChI=1S/C6H10NO6/c1-2-11-6(8)12-4-3-5-13-7(9)10/h2H,3-5H2,1H3. The average molecular weight is 192 g/mol. The molecule has 0 aliphatic heterocycles. The third kappa shape index (κ3) is 8.38. The molecular weight excluding hydrogens is 182 g/mol. The van der Waals surface area contributed by atoms with E-state index < -0.39 is 11.2 Å². The summed E-state index contributed by atoms with van der Waals surface area (Å²) in [5.74, 6) is 0. The Morgan fingerprint density at radius 3 is 2.77 bits per heavy atom. The smallest absolute Gasteiger partial charge is 0.434 e. The molecule has 0 spiro atoms. The molecule has 13 heavy (non-hydrogen) atoms. The summed E-state index contributed by atoms with van der Waals surface area (Å²) < 4.78 is 8.78. The van der Waals surface area contributed by atoms with Crippen molar-refractivity contribution in [2.24, 2.45) is 0 Å². The Kier molecular flexibility index (Phi) is 6.30. The van der Waals surface area contributed by atoms with Crippen LogP contribution in [0.15, 0.2) is 0 Å². The van der Waals surface area contributed by atoms with Crippen molar-refractivity contribution < 1.29 is 24.2 Å². The minimum absolute atomic E-state index is 0.0283. The van der Waals surface area contributed by atoms with Crippen LogP contribution >= 0.6 is 0 Å². The van der Waals surface area contributed by atoms with Crippen molar-refractivity contribution >= 4 is 6.16 Å². The first kappa shape index (κ1) is 11.5. The third-order valence-corrected chi connectivity index (χ3v) is 0.919. The number of ether oxygens (including phenoxy) is 2. The largest absolute Gasteiger partial charge is 0.508 e. The summed E-state index contributed by atoms with van der Waals surface area (Å²) in [6.07, 6.45) is -0.580. The van der Waals surface area contributed by atoms with Gasteiger partial charge in [-0.05, 0) is 6.92 Å². The lowest BCUT2D eigenvalue weighted by Gasteiger charge is -2.02. The average Bonchev–Trinajstić information content (AvgIpc) is 2.03. The molecule has 0 heterocycles. The first-order valence-corrected chi connectivity index (χ1v) is 3.55. The molecule has 75 valence electrons. The lowest BCUT2D eigenvalue weighted by Crippen LogP contribution is -2.09. The second kappa shape index (κ2) is 7.14. The Bertz CT molecular complexity index is 171. The molecule has 0 rings (SSSR count). The van der Waals surface area contributed by atoms with E-state index in [9.17, 15) is 14.9 Å². The van der Waals surface area contributed by atoms with Gasteiger partial charge in [0.2, 0.25) is 0 Å². The molecular formula is C6H10NO6. The fraction of sp³-hybridized carbons (Fsp3) is 0.667. The van der Waals surface area contributed by atoms with E-state index in [1.54, 1.807) is 0 Å². The van der Waals surface area contributed by atoms with Gasteiger partial charge in [0.05, 0.1) is 13.2 Å². The minimum atomic E-state index is -0.905. The lowest BCUT2D eigenvalue weighted by atomic mass is 10.5. The summed E-state index contributed by atoms with van der Waals surface area (Å²) in [7, 11) is 0. The lowest BCUT2D eigenvalue weighted by molar-refractivity contribution is -0.757. The summed E-state index contributed by atoms with van der Waals surface area (Å²) in [6, 6.07) is 0. The van der Waals surface area contributed by atoms with Gasteiger partial charge in [0.25, 0.3) is 5.09 Å². The first-order chi connectivity index (χ1) is 6.16. The zero-order chi connectivity index (χ0) is 10.1. The Hall–Kier alpha value is -1.53. The van der Waals surface area contributed by atoms with Crippen LogP contribution in [0.2, 0.25) is 0 Å². The number of hydrogen-bond donors (Lipinski definition) is 0. The highest BCUT2D eigenvalue weighted by Gasteiger charge is 2.01. The van der Waals surface area contributed by atoms with Crippen molar-refractivity contribution in [1.29, 1.82) is 0 Å². The molecule has 0 saturated carbocycles. The third-order valence-electron chi connectivity index (χ3n) is 0.919. The Labute approximate surface area is 74.7 Å². The van der Waals surface area contributed by atoms with Crippen LogP contribution in [0.25, 0.3) is 0 Å². The van der Waals surface area contributed by atoms with Gasteiger partial charge in [0.1, 0.15) is 6.61 Å². The molecule has 0 amide bonds. The normalized spacial score (nSPS) is 9.00. The van der Waals surface area contributed by atoms with Crippen molar-refractivity contribution in [3.05, 3.63) is 16.7 Å². The molecule has 0 N–H and O–H groups in total. The zero-order valence-electron chi connectivity index (χ0n) is 7.10. The van der Waals surface area contributed by atoms with E-state index in [-0.39, 0.29) is 19.6 Å². The molecule has 0 aliphatic carbocycles. The van der Waals surface area contributed by atoms with E-state index in [2.05, 4.69) is 14.3 Å². The van der Waals surface area contributed by atoms with E-state index in [4.69, 9.17) is 0 Å². The van der Waals surface area contributed by atoms with Gasteiger partial charge in [-0.25, -0.2) is 4.79 Å². The van der Waals surface area contributed by atoms with Gasteiger partial charge in [0, 0.05) is 6.42 Å². The number of carbonyl (C=O) groups is 1. The monoisotopic (exact) mass is 192 g/mol. The fourth-order valence-electron chi connectivity index (χ4n) is 0.484. The summed E-state index contributed by atoms with van der Waals surface area (Å²) >= 11 is 0. The van der Waals surface area contributed by atoms with E-state index in [0.717, 1.165) is 0 Å². The molecule has 0 fully saturated rings. The van der Waals surface area contributed by atoms with Crippen LogP contribution in [0.4, 0.5) is 4.79 Å². The van der Waals surface area contributed by atoms with E-state index in [1.165, 1.54) is 13.5 Å². The SMILES string of the molecule is C[CH]OC(=O)OCCCO[N+](=O)[O-]. The zero-order valence-corrected chi connectivity index (χ0v) is 7.10. The summed E-state index contributed by atoms with van der Waals surface area (Å²) in [5.41, 5.74) is 0. The highest BCUT2D eigenvalue weighted by Crippen LogP contribution is 1.90. The van der Waals surface area contributed by atoms with Crippen LogP contribution in [0.5, 0.6) is 0 Å². The summed E-state index contributed by atoms with van der Waals surface area (Å²) in [5, 5.41) is 8.74. The number of hydrogen-bond acceptors (Lipinski definition) is 6. The van der Waals surface area contributed by atoms with E-state index in [0.29, 0.717) is 0 Å². The highest BCUT2D eigenvalue weighted by molar-refractivity contribution is 5.60. The topological polar surface area (TPSA) is 87.9 Å². The van der Waals surface area contributed by atoms with Gasteiger partial charge in [-0.3, -0.25) is 0 Å². The minimum Gasteiger partial charge on any atom is -0.434 e. The summed E-state index contributed by atoms with van der Waals surface area (Å²) in [4.78, 5) is 24.1. The Morgan fingerprint density at radius 1 is 1.54 bits per heavy atom. The van der Waals surface area contributed by atoms with Crippen molar-refractivity contribution in [2.45, 2.75) is 13.3 Å². The quantitative estimate of drug-likeness (QED) is 0.269. The molecule has 0 aromatic carbocycles. The molecule has 0 bridgehead atoms. The van der Waals surface area contributed by atoms with Crippen molar-refractivity contribution in [1.82, 2.24) is 0 Å².